The monoisotopic (exact) mass is 339 g/mol. The zero-order valence-electron chi connectivity index (χ0n) is 12.3. The van der Waals surface area contributed by atoms with Crippen molar-refractivity contribution < 1.29 is 13.2 Å². The Morgan fingerprint density at radius 1 is 1.00 bits per heavy atom. The molecule has 0 saturated carbocycles. The minimum Gasteiger partial charge on any atom is -0.494 e. The summed E-state index contributed by atoms with van der Waals surface area (Å²) in [5.74, 6) is 0.705. The molecule has 0 atom stereocenters. The van der Waals surface area contributed by atoms with Crippen LogP contribution in [0.4, 0.5) is 0 Å². The third-order valence-corrected chi connectivity index (χ3v) is 4.55. The molecular formula is C16H18ClNO3S. The number of sulfonamides is 1. The van der Waals surface area contributed by atoms with Crippen molar-refractivity contribution >= 4 is 21.6 Å². The summed E-state index contributed by atoms with van der Waals surface area (Å²) in [4.78, 5) is 0. The van der Waals surface area contributed by atoms with Crippen LogP contribution in [0.1, 0.15) is 18.1 Å². The number of hydrogen-bond acceptors (Lipinski definition) is 3. The van der Waals surface area contributed by atoms with E-state index in [1.54, 1.807) is 24.3 Å². The molecule has 0 amide bonds. The SMILES string of the molecule is CCOc1ccc(CNS(=O)(=O)Cc2ccc(Cl)cc2)cc1. The van der Waals surface area contributed by atoms with Crippen LogP contribution in [0, 0.1) is 0 Å². The van der Waals surface area contributed by atoms with E-state index >= 15 is 0 Å². The minimum absolute atomic E-state index is 0.0683. The van der Waals surface area contributed by atoms with Crippen molar-refractivity contribution in [2.45, 2.75) is 19.2 Å². The van der Waals surface area contributed by atoms with E-state index in [-0.39, 0.29) is 12.3 Å². The van der Waals surface area contributed by atoms with Crippen molar-refractivity contribution in [3.05, 3.63) is 64.7 Å². The first kappa shape index (κ1) is 16.8. The normalized spacial score (nSPS) is 11.4. The van der Waals surface area contributed by atoms with E-state index in [0.717, 1.165) is 11.3 Å². The van der Waals surface area contributed by atoms with Gasteiger partial charge in [0, 0.05) is 11.6 Å². The third kappa shape index (κ3) is 5.33. The molecule has 1 N–H and O–H groups in total. The predicted molar refractivity (Wildman–Crippen MR) is 88.5 cm³/mol. The van der Waals surface area contributed by atoms with Gasteiger partial charge < -0.3 is 4.74 Å². The Bertz CT molecular complexity index is 697. The van der Waals surface area contributed by atoms with E-state index < -0.39 is 10.0 Å². The molecule has 0 heterocycles. The number of benzene rings is 2. The quantitative estimate of drug-likeness (QED) is 0.841. The zero-order chi connectivity index (χ0) is 16.0. The largest absolute Gasteiger partial charge is 0.494 e. The Balaban J connectivity index is 1.93. The Labute approximate surface area is 136 Å². The molecule has 6 heteroatoms. The van der Waals surface area contributed by atoms with E-state index in [1.165, 1.54) is 0 Å². The van der Waals surface area contributed by atoms with Gasteiger partial charge in [-0.05, 0) is 42.3 Å². The second-order valence-electron chi connectivity index (χ2n) is 4.78. The van der Waals surface area contributed by atoms with Gasteiger partial charge in [0.2, 0.25) is 10.0 Å². The molecule has 0 aliphatic rings. The highest BCUT2D eigenvalue weighted by Crippen LogP contribution is 2.14. The summed E-state index contributed by atoms with van der Waals surface area (Å²) in [6.45, 7) is 2.77. The Hall–Kier alpha value is -1.56. The van der Waals surface area contributed by atoms with Crippen LogP contribution in [0.25, 0.3) is 0 Å². The standard InChI is InChI=1S/C16H18ClNO3S/c1-2-21-16-9-5-13(6-10-16)11-18-22(19,20)12-14-3-7-15(17)8-4-14/h3-10,18H,2,11-12H2,1H3. The molecule has 0 fully saturated rings. The summed E-state index contributed by atoms with van der Waals surface area (Å²) < 4.78 is 32.1. The molecule has 2 aromatic rings. The first-order chi connectivity index (χ1) is 10.5. The van der Waals surface area contributed by atoms with Gasteiger partial charge in [-0.3, -0.25) is 0 Å². The zero-order valence-corrected chi connectivity index (χ0v) is 13.8. The highest BCUT2D eigenvalue weighted by Gasteiger charge is 2.11. The van der Waals surface area contributed by atoms with Crippen LogP contribution in [0.15, 0.2) is 48.5 Å². The number of rotatable bonds is 7. The van der Waals surface area contributed by atoms with Crippen molar-refractivity contribution in [2.24, 2.45) is 0 Å². The smallest absolute Gasteiger partial charge is 0.216 e. The van der Waals surface area contributed by atoms with E-state index in [0.29, 0.717) is 17.2 Å². The van der Waals surface area contributed by atoms with Gasteiger partial charge in [0.15, 0.2) is 0 Å². The predicted octanol–water partition coefficient (Wildman–Crippen LogP) is 3.36. The maximum absolute atomic E-state index is 12.1. The fraction of sp³-hybridized carbons (Fsp3) is 0.250. The molecule has 22 heavy (non-hydrogen) atoms. The first-order valence-electron chi connectivity index (χ1n) is 6.92. The molecular weight excluding hydrogens is 322 g/mol. The molecule has 0 spiro atoms. The lowest BCUT2D eigenvalue weighted by atomic mass is 10.2. The molecule has 0 radical (unpaired) electrons. The highest BCUT2D eigenvalue weighted by atomic mass is 35.5. The molecule has 2 rings (SSSR count). The molecule has 0 aromatic heterocycles. The average Bonchev–Trinajstić information content (AvgIpc) is 2.49. The van der Waals surface area contributed by atoms with E-state index in [4.69, 9.17) is 16.3 Å². The van der Waals surface area contributed by atoms with Crippen LogP contribution in [-0.4, -0.2) is 15.0 Å². The molecule has 0 unspecified atom stereocenters. The number of ether oxygens (including phenoxy) is 1. The second-order valence-corrected chi connectivity index (χ2v) is 7.03. The van der Waals surface area contributed by atoms with Crippen LogP contribution in [0.3, 0.4) is 0 Å². The lowest BCUT2D eigenvalue weighted by Crippen LogP contribution is -2.24. The fourth-order valence-electron chi connectivity index (χ4n) is 1.91. The van der Waals surface area contributed by atoms with Gasteiger partial charge in [-0.25, -0.2) is 13.1 Å². The molecule has 4 nitrogen and oxygen atoms in total. The average molecular weight is 340 g/mol. The molecule has 118 valence electrons. The van der Waals surface area contributed by atoms with Gasteiger partial charge in [-0.15, -0.1) is 0 Å². The number of halogens is 1. The van der Waals surface area contributed by atoms with E-state index in [9.17, 15) is 8.42 Å². The van der Waals surface area contributed by atoms with Gasteiger partial charge in [0.25, 0.3) is 0 Å². The highest BCUT2D eigenvalue weighted by molar-refractivity contribution is 7.88. The second kappa shape index (κ2) is 7.63. The lowest BCUT2D eigenvalue weighted by Gasteiger charge is -2.08. The van der Waals surface area contributed by atoms with Crippen molar-refractivity contribution in [3.63, 3.8) is 0 Å². The molecule has 0 aliphatic heterocycles. The number of hydrogen-bond donors (Lipinski definition) is 1. The molecule has 2 aromatic carbocycles. The first-order valence-corrected chi connectivity index (χ1v) is 8.95. The summed E-state index contributed by atoms with van der Waals surface area (Å²) in [7, 11) is -3.39. The van der Waals surface area contributed by atoms with E-state index in [2.05, 4.69) is 4.72 Å². The van der Waals surface area contributed by atoms with Crippen molar-refractivity contribution in [1.29, 1.82) is 0 Å². The van der Waals surface area contributed by atoms with Crippen LogP contribution in [-0.2, 0) is 22.3 Å². The summed E-state index contributed by atoms with van der Waals surface area (Å²) in [5.41, 5.74) is 1.58. The maximum Gasteiger partial charge on any atom is 0.216 e. The van der Waals surface area contributed by atoms with Crippen molar-refractivity contribution in [2.75, 3.05) is 6.61 Å². The lowest BCUT2D eigenvalue weighted by molar-refractivity contribution is 0.340. The van der Waals surface area contributed by atoms with Crippen LogP contribution in [0.5, 0.6) is 5.75 Å². The van der Waals surface area contributed by atoms with Crippen LogP contribution >= 0.6 is 11.6 Å². The van der Waals surface area contributed by atoms with Gasteiger partial charge in [0.1, 0.15) is 5.75 Å². The Morgan fingerprint density at radius 3 is 2.18 bits per heavy atom. The van der Waals surface area contributed by atoms with Gasteiger partial charge in [-0.1, -0.05) is 35.9 Å². The van der Waals surface area contributed by atoms with E-state index in [1.807, 2.05) is 31.2 Å². The van der Waals surface area contributed by atoms with Gasteiger partial charge in [-0.2, -0.15) is 0 Å². The van der Waals surface area contributed by atoms with Crippen molar-refractivity contribution in [3.8, 4) is 5.75 Å². The Kier molecular flexibility index (Phi) is 5.83. The van der Waals surface area contributed by atoms with Crippen LogP contribution in [0.2, 0.25) is 5.02 Å². The van der Waals surface area contributed by atoms with Crippen molar-refractivity contribution in [1.82, 2.24) is 4.72 Å². The summed E-state index contributed by atoms with van der Waals surface area (Å²) in [6.07, 6.45) is 0. The van der Waals surface area contributed by atoms with Gasteiger partial charge in [0.05, 0.1) is 12.4 Å². The van der Waals surface area contributed by atoms with Crippen LogP contribution < -0.4 is 9.46 Å². The molecule has 0 bridgehead atoms. The molecule has 0 saturated heterocycles. The summed E-state index contributed by atoms with van der Waals surface area (Å²) >= 11 is 5.78. The Morgan fingerprint density at radius 2 is 1.59 bits per heavy atom. The van der Waals surface area contributed by atoms with Gasteiger partial charge >= 0.3 is 0 Å². The third-order valence-electron chi connectivity index (χ3n) is 3.00. The summed E-state index contributed by atoms with van der Waals surface area (Å²) in [6, 6.07) is 14.1. The minimum atomic E-state index is -3.39. The topological polar surface area (TPSA) is 55.4 Å². The number of nitrogens with one attached hydrogen (secondary N) is 1. The maximum atomic E-state index is 12.1. The summed E-state index contributed by atoms with van der Waals surface area (Å²) in [5, 5.41) is 0.587. The molecule has 0 aliphatic carbocycles. The fourth-order valence-corrected chi connectivity index (χ4v) is 3.16.